The van der Waals surface area contributed by atoms with E-state index in [4.69, 9.17) is 16.9 Å². The number of amidine groups is 1. The maximum atomic E-state index is 13.5. The number of carbonyl (C=O) groups excluding carboxylic acids is 2. The molecule has 1 fully saturated rings. The van der Waals surface area contributed by atoms with Gasteiger partial charge in [0, 0.05) is 52.0 Å². The molecule has 20 heteroatoms. The van der Waals surface area contributed by atoms with Crippen molar-refractivity contribution in [3.63, 3.8) is 0 Å². The lowest BCUT2D eigenvalue weighted by Gasteiger charge is -2.51. The number of hydrogen-bond acceptors (Lipinski definition) is 9. The number of aromatic nitrogens is 8. The number of quaternary nitrogens is 1. The molecule has 18 nitrogen and oxygen atoms in total. The van der Waals surface area contributed by atoms with Gasteiger partial charge in [0.15, 0.2) is 30.1 Å². The van der Waals surface area contributed by atoms with Crippen LogP contribution in [-0.4, -0.2) is 83.9 Å². The summed E-state index contributed by atoms with van der Waals surface area (Å²) >= 11 is 6.72. The van der Waals surface area contributed by atoms with Crippen molar-refractivity contribution >= 4 is 67.2 Å². The molecule has 14 N–H and O–H groups in total. The van der Waals surface area contributed by atoms with Gasteiger partial charge in [0.2, 0.25) is 5.84 Å². The van der Waals surface area contributed by atoms with E-state index < -0.39 is 11.6 Å². The number of H-pyrrole nitrogens is 5. The van der Waals surface area contributed by atoms with Crippen LogP contribution < -0.4 is 38.0 Å². The molecule has 2 aliphatic rings. The third kappa shape index (κ3) is 5.50. The van der Waals surface area contributed by atoms with Crippen LogP contribution in [0.25, 0.3) is 5.82 Å². The van der Waals surface area contributed by atoms with Gasteiger partial charge >= 0.3 is 5.69 Å². The quantitative estimate of drug-likeness (QED) is 0.0976. The minimum atomic E-state index is -0.496. The number of anilines is 3. The zero-order chi connectivity index (χ0) is 33.9. The summed E-state index contributed by atoms with van der Waals surface area (Å²) < 4.78 is 2.81. The van der Waals surface area contributed by atoms with Gasteiger partial charge in [-0.3, -0.25) is 19.5 Å². The molecule has 2 amide bonds. The molecule has 5 atom stereocenters. The average Bonchev–Trinajstić information content (AvgIpc) is 3.87. The Hall–Kier alpha value is -5.08. The molecule has 1 aliphatic heterocycles. The molecule has 0 spiro atoms. The van der Waals surface area contributed by atoms with Crippen molar-refractivity contribution in [3.05, 3.63) is 78.6 Å². The minimum absolute atomic E-state index is 0.0637. The number of hydrogen-bond donors (Lipinski definition) is 12. The van der Waals surface area contributed by atoms with E-state index in [0.29, 0.717) is 41.0 Å². The van der Waals surface area contributed by atoms with Crippen LogP contribution in [0, 0.1) is 17.2 Å². The van der Waals surface area contributed by atoms with Gasteiger partial charge in [0.05, 0.1) is 18.9 Å². The standard InChI is InChI=1S/C28H31Br2N15O3/c1-44-9-39-22-20(21(44)31)45(28(48)42-22)23-19(41-27(33)43-23)18-13(7-37-25(47)15-3-11(30)5-35-15)12(17(18)16-8-38-26(32)40-16)6-36-24(46)14-2-10(29)4-34-14/h2-5,8,12-13,17-18,31,34-35,39H,6-7,9H2,1H3,(H,36,46)(H,37,47)(H,42,48)(H3,32,38,40)(H3,33,41,43)/p+1. The molecule has 6 heterocycles. The number of nitrogens with one attached hydrogen (secondary N) is 10. The summed E-state index contributed by atoms with van der Waals surface area (Å²) in [6.45, 7) is 0.836. The fourth-order valence-electron chi connectivity index (χ4n) is 6.74. The first-order valence-corrected chi connectivity index (χ1v) is 16.5. The number of rotatable bonds is 9. The molecule has 5 aromatic heterocycles. The molecule has 0 saturated heterocycles. The van der Waals surface area contributed by atoms with Crippen molar-refractivity contribution in [2.24, 2.45) is 11.8 Å². The monoisotopic (exact) mass is 784 g/mol. The van der Waals surface area contributed by atoms with Crippen molar-refractivity contribution in [2.75, 3.05) is 43.6 Å². The molecule has 5 aromatic rings. The van der Waals surface area contributed by atoms with Crippen LogP contribution in [-0.2, 0) is 0 Å². The molecule has 7 rings (SSSR count). The summed E-state index contributed by atoms with van der Waals surface area (Å²) in [6, 6.07) is 3.35. The van der Waals surface area contributed by atoms with E-state index in [1.165, 1.54) is 4.57 Å². The first-order valence-electron chi connectivity index (χ1n) is 14.9. The van der Waals surface area contributed by atoms with Gasteiger partial charge in [-0.05, 0) is 55.8 Å². The second-order valence-corrected chi connectivity index (χ2v) is 13.7. The molecular weight excluding hydrogens is 754 g/mol. The molecule has 48 heavy (non-hydrogen) atoms. The Bertz CT molecular complexity index is 2100. The van der Waals surface area contributed by atoms with E-state index in [0.717, 1.165) is 13.8 Å². The Morgan fingerprint density at radius 3 is 2.19 bits per heavy atom. The Balaban J connectivity index is 1.29. The van der Waals surface area contributed by atoms with Crippen LogP contribution in [0.15, 0.2) is 44.5 Å². The van der Waals surface area contributed by atoms with E-state index in [-0.39, 0.29) is 66.2 Å². The number of carbonyl (C=O) groups is 2. The van der Waals surface area contributed by atoms with E-state index in [1.807, 2.05) is 7.05 Å². The predicted molar refractivity (Wildman–Crippen MR) is 182 cm³/mol. The number of imidazole rings is 3. The molecule has 0 radical (unpaired) electrons. The fraction of sp³-hybridized carbons (Fsp3) is 0.286. The molecule has 5 unspecified atom stereocenters. The normalized spacial score (nSPS) is 21.7. The van der Waals surface area contributed by atoms with Gasteiger partial charge in [-0.2, -0.15) is 4.98 Å². The summed E-state index contributed by atoms with van der Waals surface area (Å²) in [7, 11) is 1.82. The Morgan fingerprint density at radius 1 is 1.00 bits per heavy atom. The average molecular weight is 786 g/mol. The van der Waals surface area contributed by atoms with Gasteiger partial charge in [0.25, 0.3) is 11.8 Å². The second kappa shape index (κ2) is 12.2. The first-order chi connectivity index (χ1) is 23.0. The van der Waals surface area contributed by atoms with E-state index in [1.54, 1.807) is 30.7 Å². The Labute approximate surface area is 288 Å². The van der Waals surface area contributed by atoms with E-state index in [2.05, 4.69) is 82.7 Å². The molecule has 250 valence electrons. The van der Waals surface area contributed by atoms with Crippen LogP contribution in [0.4, 0.5) is 17.7 Å². The number of halogens is 2. The lowest BCUT2D eigenvalue weighted by molar-refractivity contribution is -0.779. The van der Waals surface area contributed by atoms with Gasteiger partial charge in [-0.1, -0.05) is 0 Å². The highest BCUT2D eigenvalue weighted by atomic mass is 79.9. The number of nitrogens with zero attached hydrogens (tertiary/aromatic N) is 3. The van der Waals surface area contributed by atoms with Crippen LogP contribution in [0.1, 0.15) is 49.9 Å². The number of fused-ring (bicyclic) bond motifs is 1. The van der Waals surface area contributed by atoms with Gasteiger partial charge in [0.1, 0.15) is 17.2 Å². The van der Waals surface area contributed by atoms with Crippen LogP contribution in [0.2, 0.25) is 0 Å². The summed E-state index contributed by atoms with van der Waals surface area (Å²) in [6.07, 6.45) is 4.97. The fourth-order valence-corrected chi connectivity index (χ4v) is 7.42. The zero-order valence-electron chi connectivity index (χ0n) is 25.3. The van der Waals surface area contributed by atoms with Crippen LogP contribution in [0.3, 0.4) is 0 Å². The largest absolute Gasteiger partial charge is 0.369 e. The number of amides is 2. The van der Waals surface area contributed by atoms with Crippen molar-refractivity contribution in [1.82, 2.24) is 50.1 Å². The highest BCUT2D eigenvalue weighted by Gasteiger charge is 2.54. The smallest absolute Gasteiger partial charge is 0.333 e. The molecule has 0 bridgehead atoms. The number of nitrogens with two attached hydrogens (primary N) is 2. The van der Waals surface area contributed by atoms with Crippen molar-refractivity contribution in [1.29, 1.82) is 5.41 Å². The molecule has 0 aromatic carbocycles. The van der Waals surface area contributed by atoms with Crippen molar-refractivity contribution in [3.8, 4) is 5.82 Å². The van der Waals surface area contributed by atoms with Crippen molar-refractivity contribution in [2.45, 2.75) is 11.8 Å². The predicted octanol–water partition coefficient (Wildman–Crippen LogP) is 0.154. The first kappa shape index (κ1) is 31.5. The minimum Gasteiger partial charge on any atom is -0.369 e. The van der Waals surface area contributed by atoms with E-state index >= 15 is 0 Å². The third-order valence-corrected chi connectivity index (χ3v) is 9.90. The van der Waals surface area contributed by atoms with Gasteiger partial charge in [-0.15, -0.1) is 0 Å². The second-order valence-electron chi connectivity index (χ2n) is 11.8. The maximum absolute atomic E-state index is 13.5. The molecular formula is C28H32Br2N15O3+. The third-order valence-electron chi connectivity index (χ3n) is 8.98. The maximum Gasteiger partial charge on any atom is 0.333 e. The topological polar surface area (TPSA) is 277 Å². The molecule has 1 aliphatic carbocycles. The highest BCUT2D eigenvalue weighted by Crippen LogP contribution is 2.57. The van der Waals surface area contributed by atoms with Gasteiger partial charge in [-0.25, -0.2) is 19.8 Å². The zero-order valence-corrected chi connectivity index (χ0v) is 28.5. The van der Waals surface area contributed by atoms with Gasteiger partial charge < -0.3 is 47.4 Å². The summed E-state index contributed by atoms with van der Waals surface area (Å²) in [5.74, 6) is -0.870. The van der Waals surface area contributed by atoms with E-state index in [9.17, 15) is 14.4 Å². The summed E-state index contributed by atoms with van der Waals surface area (Å²) in [5.41, 5.74) is 14.1. The SMILES string of the molecule is C[NH+]1CNc2[nH]c(=O)n(-c3nc(N)[nH]c3C3C(CNC(=O)c4cc(Br)c[nH]4)C(CNC(=O)c4cc(Br)c[nH]4)C3c3cnc(N)[nH]3)c2C1=N. The summed E-state index contributed by atoms with van der Waals surface area (Å²) in [5, 5.41) is 18.0. The highest BCUT2D eigenvalue weighted by molar-refractivity contribution is 9.10. The Morgan fingerprint density at radius 2 is 1.62 bits per heavy atom. The molecule has 1 saturated carbocycles. The Kier molecular flexibility index (Phi) is 8.00. The van der Waals surface area contributed by atoms with Crippen LogP contribution >= 0.6 is 31.9 Å². The van der Waals surface area contributed by atoms with Crippen molar-refractivity contribution < 1.29 is 14.5 Å². The van der Waals surface area contributed by atoms with Crippen LogP contribution in [0.5, 0.6) is 0 Å². The summed E-state index contributed by atoms with van der Waals surface area (Å²) in [4.78, 5) is 64.3. The lowest BCUT2D eigenvalue weighted by atomic mass is 9.54. The lowest BCUT2D eigenvalue weighted by Crippen LogP contribution is -3.13. The number of aromatic amines is 5. The number of nitrogen functional groups attached to an aromatic ring is 2.